The third-order valence-electron chi connectivity index (χ3n) is 5.65. The smallest absolute Gasteiger partial charge is 0.253 e. The Labute approximate surface area is 150 Å². The first-order valence-corrected chi connectivity index (χ1v) is 9.43. The summed E-state index contributed by atoms with van der Waals surface area (Å²) in [5.74, 6) is 0.899. The zero-order valence-electron chi connectivity index (χ0n) is 14.7. The molecule has 2 aromatic carbocycles. The van der Waals surface area contributed by atoms with E-state index in [0.29, 0.717) is 5.92 Å². The van der Waals surface area contributed by atoms with Gasteiger partial charge in [-0.2, -0.15) is 0 Å². The molecule has 3 heteroatoms. The van der Waals surface area contributed by atoms with Gasteiger partial charge in [-0.05, 0) is 48.4 Å². The zero-order chi connectivity index (χ0) is 17.1. The Balaban J connectivity index is 1.29. The second-order valence-electron chi connectivity index (χ2n) is 7.36. The largest absolute Gasteiger partial charge is 0.339 e. The Morgan fingerprint density at radius 3 is 2.32 bits per heavy atom. The van der Waals surface area contributed by atoms with Crippen LogP contribution in [0.3, 0.4) is 0 Å². The van der Waals surface area contributed by atoms with Crippen molar-refractivity contribution in [3.05, 3.63) is 71.3 Å². The lowest BCUT2D eigenvalue weighted by Gasteiger charge is -2.36. The van der Waals surface area contributed by atoms with Crippen molar-refractivity contribution in [2.75, 3.05) is 26.2 Å². The molecule has 2 aromatic rings. The number of piperidine rings is 1. The van der Waals surface area contributed by atoms with Gasteiger partial charge in [-0.25, -0.2) is 0 Å². The zero-order valence-corrected chi connectivity index (χ0v) is 14.7. The summed E-state index contributed by atoms with van der Waals surface area (Å²) in [6, 6.07) is 18.5. The predicted octanol–water partition coefficient (Wildman–Crippen LogP) is 3.60. The van der Waals surface area contributed by atoms with Gasteiger partial charge >= 0.3 is 0 Å². The molecule has 1 fully saturated rings. The molecule has 0 aromatic heterocycles. The van der Waals surface area contributed by atoms with Gasteiger partial charge in [-0.15, -0.1) is 0 Å². The summed E-state index contributed by atoms with van der Waals surface area (Å²) < 4.78 is 0. The molecule has 1 saturated heterocycles. The van der Waals surface area contributed by atoms with E-state index in [9.17, 15) is 4.79 Å². The van der Waals surface area contributed by atoms with Crippen LogP contribution in [0.25, 0.3) is 0 Å². The van der Waals surface area contributed by atoms with E-state index in [1.165, 1.54) is 30.6 Å². The molecule has 2 aliphatic rings. The Bertz CT molecular complexity index is 720. The van der Waals surface area contributed by atoms with Crippen LogP contribution >= 0.6 is 0 Å². The summed E-state index contributed by atoms with van der Waals surface area (Å²) in [4.78, 5) is 17.2. The van der Waals surface area contributed by atoms with E-state index in [2.05, 4.69) is 29.2 Å². The van der Waals surface area contributed by atoms with E-state index >= 15 is 0 Å². The lowest BCUT2D eigenvalue weighted by Crippen LogP contribution is -2.42. The van der Waals surface area contributed by atoms with E-state index in [-0.39, 0.29) is 5.91 Å². The second-order valence-corrected chi connectivity index (χ2v) is 7.36. The van der Waals surface area contributed by atoms with E-state index in [0.717, 1.165) is 38.0 Å². The molecule has 4 rings (SSSR count). The van der Waals surface area contributed by atoms with Gasteiger partial charge in [-0.3, -0.25) is 9.69 Å². The molecule has 130 valence electrons. The summed E-state index contributed by atoms with van der Waals surface area (Å²) in [6.07, 6.45) is 3.41. The fraction of sp³-hybridized carbons (Fsp3) is 0.409. The molecule has 1 amide bonds. The normalized spacial score (nSPS) is 18.8. The number of rotatable bonds is 3. The van der Waals surface area contributed by atoms with Gasteiger partial charge in [0.2, 0.25) is 0 Å². The first kappa shape index (κ1) is 16.3. The van der Waals surface area contributed by atoms with Crippen LogP contribution in [0.15, 0.2) is 54.6 Å². The van der Waals surface area contributed by atoms with Gasteiger partial charge in [0, 0.05) is 38.3 Å². The monoisotopic (exact) mass is 334 g/mol. The second kappa shape index (κ2) is 7.40. The quantitative estimate of drug-likeness (QED) is 0.856. The first-order valence-electron chi connectivity index (χ1n) is 9.43. The van der Waals surface area contributed by atoms with Crippen LogP contribution in [0.4, 0.5) is 0 Å². The van der Waals surface area contributed by atoms with E-state index in [1.807, 2.05) is 35.2 Å². The highest BCUT2D eigenvalue weighted by Crippen LogP contribution is 2.24. The van der Waals surface area contributed by atoms with Gasteiger partial charge in [0.25, 0.3) is 5.91 Å². The van der Waals surface area contributed by atoms with Crippen LogP contribution in [0.5, 0.6) is 0 Å². The molecular weight excluding hydrogens is 308 g/mol. The fourth-order valence-electron chi connectivity index (χ4n) is 4.16. The molecule has 0 unspecified atom stereocenters. The summed E-state index contributed by atoms with van der Waals surface area (Å²) in [7, 11) is 0. The molecular formula is C22H26N2O. The molecule has 0 bridgehead atoms. The van der Waals surface area contributed by atoms with Crippen molar-refractivity contribution in [2.24, 2.45) is 5.92 Å². The van der Waals surface area contributed by atoms with Crippen LogP contribution in [-0.2, 0) is 13.0 Å². The minimum Gasteiger partial charge on any atom is -0.339 e. The molecule has 2 heterocycles. The number of carbonyl (C=O) groups is 1. The molecule has 0 radical (unpaired) electrons. The van der Waals surface area contributed by atoms with Gasteiger partial charge in [0.05, 0.1) is 0 Å². The van der Waals surface area contributed by atoms with E-state index in [1.54, 1.807) is 0 Å². The summed E-state index contributed by atoms with van der Waals surface area (Å²) in [6.45, 7) is 5.20. The van der Waals surface area contributed by atoms with Gasteiger partial charge in [-0.1, -0.05) is 42.5 Å². The standard InChI is InChI=1S/C22H26N2O/c25-22(20-7-2-1-3-8-20)24-14-10-18(11-15-24)16-23-13-12-19-6-4-5-9-21(19)17-23/h1-9,18H,10-17H2. The molecule has 0 spiro atoms. The minimum absolute atomic E-state index is 0.186. The van der Waals surface area contributed by atoms with Crippen molar-refractivity contribution in [3.63, 3.8) is 0 Å². The fourth-order valence-corrected chi connectivity index (χ4v) is 4.16. The van der Waals surface area contributed by atoms with Gasteiger partial charge in [0.1, 0.15) is 0 Å². The predicted molar refractivity (Wildman–Crippen MR) is 100 cm³/mol. The molecule has 0 N–H and O–H groups in total. The molecule has 2 aliphatic heterocycles. The van der Waals surface area contributed by atoms with Crippen molar-refractivity contribution in [3.8, 4) is 0 Å². The lowest BCUT2D eigenvalue weighted by molar-refractivity contribution is 0.0663. The van der Waals surface area contributed by atoms with E-state index < -0.39 is 0 Å². The van der Waals surface area contributed by atoms with Crippen LogP contribution in [0, 0.1) is 5.92 Å². The number of fused-ring (bicyclic) bond motifs is 1. The molecule has 0 saturated carbocycles. The maximum Gasteiger partial charge on any atom is 0.253 e. The molecule has 0 aliphatic carbocycles. The number of hydrogen-bond acceptors (Lipinski definition) is 2. The SMILES string of the molecule is O=C(c1ccccc1)N1CCC(CN2CCc3ccccc3C2)CC1. The van der Waals surface area contributed by atoms with Crippen molar-refractivity contribution in [1.82, 2.24) is 9.80 Å². The third-order valence-corrected chi connectivity index (χ3v) is 5.65. The van der Waals surface area contributed by atoms with Crippen molar-refractivity contribution in [1.29, 1.82) is 0 Å². The summed E-state index contributed by atoms with van der Waals surface area (Å²) in [5.41, 5.74) is 3.82. The first-order chi connectivity index (χ1) is 12.3. The van der Waals surface area contributed by atoms with Gasteiger partial charge < -0.3 is 4.90 Å². The van der Waals surface area contributed by atoms with Crippen molar-refractivity contribution < 1.29 is 4.79 Å². The minimum atomic E-state index is 0.186. The highest BCUT2D eigenvalue weighted by atomic mass is 16.2. The maximum atomic E-state index is 12.5. The van der Waals surface area contributed by atoms with Crippen molar-refractivity contribution in [2.45, 2.75) is 25.8 Å². The number of amides is 1. The maximum absolute atomic E-state index is 12.5. The van der Waals surface area contributed by atoms with Crippen LogP contribution in [0.1, 0.15) is 34.3 Å². The third kappa shape index (κ3) is 3.77. The molecule has 25 heavy (non-hydrogen) atoms. The Morgan fingerprint density at radius 2 is 1.56 bits per heavy atom. The average molecular weight is 334 g/mol. The highest BCUT2D eigenvalue weighted by Gasteiger charge is 2.26. The number of benzene rings is 2. The lowest BCUT2D eigenvalue weighted by atomic mass is 9.93. The number of hydrogen-bond donors (Lipinski definition) is 0. The van der Waals surface area contributed by atoms with Gasteiger partial charge in [0.15, 0.2) is 0 Å². The topological polar surface area (TPSA) is 23.6 Å². The Morgan fingerprint density at radius 1 is 0.880 bits per heavy atom. The molecule has 0 atom stereocenters. The van der Waals surface area contributed by atoms with Crippen LogP contribution in [0.2, 0.25) is 0 Å². The Hall–Kier alpha value is -2.13. The van der Waals surface area contributed by atoms with E-state index in [4.69, 9.17) is 0 Å². The number of carbonyl (C=O) groups excluding carboxylic acids is 1. The average Bonchev–Trinajstić information content (AvgIpc) is 2.69. The number of nitrogens with zero attached hydrogens (tertiary/aromatic N) is 2. The summed E-state index contributed by atoms with van der Waals surface area (Å²) in [5, 5.41) is 0. The number of likely N-dealkylation sites (tertiary alicyclic amines) is 1. The van der Waals surface area contributed by atoms with Crippen LogP contribution < -0.4 is 0 Å². The summed E-state index contributed by atoms with van der Waals surface area (Å²) >= 11 is 0. The van der Waals surface area contributed by atoms with Crippen LogP contribution in [-0.4, -0.2) is 41.9 Å². The molecule has 3 nitrogen and oxygen atoms in total. The Kier molecular flexibility index (Phi) is 4.84. The van der Waals surface area contributed by atoms with Crippen molar-refractivity contribution >= 4 is 5.91 Å². The highest BCUT2D eigenvalue weighted by molar-refractivity contribution is 5.94.